The van der Waals surface area contributed by atoms with Crippen molar-refractivity contribution in [3.63, 3.8) is 0 Å². The Balaban J connectivity index is 2.29. The van der Waals surface area contributed by atoms with Crippen LogP contribution in [0.15, 0.2) is 30.3 Å². The Kier molecular flexibility index (Phi) is 4.92. The van der Waals surface area contributed by atoms with E-state index in [1.54, 1.807) is 0 Å². The highest BCUT2D eigenvalue weighted by molar-refractivity contribution is 6.31. The number of benzene rings is 2. The van der Waals surface area contributed by atoms with Crippen molar-refractivity contribution in [1.29, 1.82) is 0 Å². The Morgan fingerprint density at radius 2 is 1.70 bits per heavy atom. The molecular weight excluding hydrogens is 293 g/mol. The van der Waals surface area contributed by atoms with Crippen molar-refractivity contribution in [3.05, 3.63) is 57.1 Å². The molecule has 0 saturated carbocycles. The molecule has 0 unspecified atom stereocenters. The zero-order valence-electron chi connectivity index (χ0n) is 11.5. The summed E-state index contributed by atoms with van der Waals surface area (Å²) in [5.74, 6) is 1.53. The summed E-state index contributed by atoms with van der Waals surface area (Å²) in [6.07, 6.45) is 0.762. The maximum atomic E-state index is 6.22. The number of nitrogens with two attached hydrogens (primary N) is 1. The molecule has 0 aliphatic carbocycles. The molecule has 0 radical (unpaired) electrons. The smallest absolute Gasteiger partial charge is 0.133 e. The number of aryl methyl sites for hydroxylation is 2. The number of hydrogen-bond donors (Lipinski definition) is 1. The summed E-state index contributed by atoms with van der Waals surface area (Å²) < 4.78 is 5.93. The molecule has 2 aromatic carbocycles. The fraction of sp³-hybridized carbons (Fsp3) is 0.250. The summed E-state index contributed by atoms with van der Waals surface area (Å²) in [6.45, 7) is 4.52. The van der Waals surface area contributed by atoms with Gasteiger partial charge in [-0.15, -0.1) is 0 Å². The van der Waals surface area contributed by atoms with Crippen LogP contribution >= 0.6 is 23.2 Å². The first kappa shape index (κ1) is 15.2. The monoisotopic (exact) mass is 309 g/mol. The van der Waals surface area contributed by atoms with Crippen molar-refractivity contribution in [2.75, 3.05) is 6.54 Å². The lowest BCUT2D eigenvalue weighted by Gasteiger charge is -2.13. The van der Waals surface area contributed by atoms with Gasteiger partial charge in [0.2, 0.25) is 0 Å². The average molecular weight is 310 g/mol. The van der Waals surface area contributed by atoms with Gasteiger partial charge in [-0.05, 0) is 67.8 Å². The molecule has 0 bridgehead atoms. The van der Waals surface area contributed by atoms with E-state index >= 15 is 0 Å². The molecule has 0 amide bonds. The predicted octanol–water partition coefficient (Wildman–Crippen LogP) is 4.90. The van der Waals surface area contributed by atoms with E-state index in [-0.39, 0.29) is 0 Å². The van der Waals surface area contributed by atoms with Crippen LogP contribution in [0.25, 0.3) is 0 Å². The molecule has 2 N–H and O–H groups in total. The van der Waals surface area contributed by atoms with E-state index in [2.05, 4.69) is 0 Å². The highest BCUT2D eigenvalue weighted by Crippen LogP contribution is 2.33. The third-order valence-electron chi connectivity index (χ3n) is 3.08. The van der Waals surface area contributed by atoms with Gasteiger partial charge in [0, 0.05) is 10.0 Å². The molecule has 2 nitrogen and oxygen atoms in total. The van der Waals surface area contributed by atoms with Gasteiger partial charge in [0.1, 0.15) is 11.5 Å². The van der Waals surface area contributed by atoms with Crippen molar-refractivity contribution in [3.8, 4) is 11.5 Å². The van der Waals surface area contributed by atoms with Gasteiger partial charge in [-0.25, -0.2) is 0 Å². The average Bonchev–Trinajstić information content (AvgIpc) is 2.37. The minimum atomic E-state index is 0.579. The van der Waals surface area contributed by atoms with Gasteiger partial charge in [0.15, 0.2) is 0 Å². The number of halogens is 2. The van der Waals surface area contributed by atoms with Gasteiger partial charge in [0.25, 0.3) is 0 Å². The predicted molar refractivity (Wildman–Crippen MR) is 85.2 cm³/mol. The van der Waals surface area contributed by atoms with Crippen LogP contribution in [-0.4, -0.2) is 6.54 Å². The third-order valence-corrected chi connectivity index (χ3v) is 3.65. The number of hydrogen-bond acceptors (Lipinski definition) is 2. The van der Waals surface area contributed by atoms with Crippen molar-refractivity contribution in [1.82, 2.24) is 0 Å². The summed E-state index contributed by atoms with van der Waals surface area (Å²) in [6, 6.07) is 9.44. The van der Waals surface area contributed by atoms with Crippen molar-refractivity contribution >= 4 is 23.2 Å². The van der Waals surface area contributed by atoms with Gasteiger partial charge >= 0.3 is 0 Å². The second kappa shape index (κ2) is 6.49. The van der Waals surface area contributed by atoms with Crippen LogP contribution < -0.4 is 10.5 Å². The third kappa shape index (κ3) is 3.45. The molecule has 0 saturated heterocycles. The molecule has 0 heterocycles. The van der Waals surface area contributed by atoms with Crippen LogP contribution in [0.1, 0.15) is 16.7 Å². The van der Waals surface area contributed by atoms with E-state index in [0.29, 0.717) is 22.3 Å². The zero-order valence-corrected chi connectivity index (χ0v) is 13.1. The summed E-state index contributed by atoms with van der Waals surface area (Å²) >= 11 is 12.2. The molecular formula is C16H17Cl2NO. The first-order valence-corrected chi connectivity index (χ1v) is 7.20. The molecule has 0 fully saturated rings. The molecule has 0 aliphatic rings. The van der Waals surface area contributed by atoms with Gasteiger partial charge in [-0.3, -0.25) is 0 Å². The highest BCUT2D eigenvalue weighted by atomic mass is 35.5. The molecule has 0 aliphatic heterocycles. The summed E-state index contributed by atoms with van der Waals surface area (Å²) in [4.78, 5) is 0. The van der Waals surface area contributed by atoms with Gasteiger partial charge in [-0.2, -0.15) is 0 Å². The molecule has 0 aromatic heterocycles. The van der Waals surface area contributed by atoms with Crippen LogP contribution in [0.5, 0.6) is 11.5 Å². The Labute approximate surface area is 129 Å². The molecule has 106 valence electrons. The minimum absolute atomic E-state index is 0.579. The molecule has 20 heavy (non-hydrogen) atoms. The van der Waals surface area contributed by atoms with Crippen molar-refractivity contribution in [2.45, 2.75) is 20.3 Å². The SMILES string of the molecule is Cc1cc(Cl)cc(C)c1Oc1ccc(CCN)c(Cl)c1. The van der Waals surface area contributed by atoms with E-state index in [1.807, 2.05) is 44.2 Å². The van der Waals surface area contributed by atoms with Gasteiger partial charge in [0.05, 0.1) is 0 Å². The Bertz CT molecular complexity index is 603. The Morgan fingerprint density at radius 1 is 1.05 bits per heavy atom. The number of ether oxygens (including phenoxy) is 1. The lowest BCUT2D eigenvalue weighted by Crippen LogP contribution is -2.03. The normalized spacial score (nSPS) is 10.7. The largest absolute Gasteiger partial charge is 0.457 e. The Morgan fingerprint density at radius 3 is 2.25 bits per heavy atom. The van der Waals surface area contributed by atoms with Crippen LogP contribution in [0.4, 0.5) is 0 Å². The van der Waals surface area contributed by atoms with Crippen molar-refractivity contribution in [2.24, 2.45) is 5.73 Å². The van der Waals surface area contributed by atoms with Crippen LogP contribution in [0, 0.1) is 13.8 Å². The maximum absolute atomic E-state index is 6.22. The first-order valence-electron chi connectivity index (χ1n) is 6.44. The van der Waals surface area contributed by atoms with Crippen LogP contribution in [-0.2, 0) is 6.42 Å². The molecule has 2 aromatic rings. The summed E-state index contributed by atoms with van der Waals surface area (Å²) in [5, 5.41) is 1.39. The lowest BCUT2D eigenvalue weighted by molar-refractivity contribution is 0.475. The van der Waals surface area contributed by atoms with Crippen molar-refractivity contribution < 1.29 is 4.74 Å². The molecule has 0 spiro atoms. The topological polar surface area (TPSA) is 35.2 Å². The standard InChI is InChI=1S/C16H17Cl2NO/c1-10-7-13(17)8-11(2)16(10)20-14-4-3-12(5-6-19)15(18)9-14/h3-4,7-9H,5-6,19H2,1-2H3. The molecule has 4 heteroatoms. The fourth-order valence-electron chi connectivity index (χ4n) is 2.13. The second-order valence-corrected chi connectivity index (χ2v) is 5.61. The van der Waals surface area contributed by atoms with E-state index < -0.39 is 0 Å². The van der Waals surface area contributed by atoms with Gasteiger partial charge < -0.3 is 10.5 Å². The van der Waals surface area contributed by atoms with E-state index in [4.69, 9.17) is 33.7 Å². The molecule has 2 rings (SSSR count). The second-order valence-electron chi connectivity index (χ2n) is 4.76. The highest BCUT2D eigenvalue weighted by Gasteiger charge is 2.08. The minimum Gasteiger partial charge on any atom is -0.457 e. The van der Waals surface area contributed by atoms with Crippen LogP contribution in [0.3, 0.4) is 0 Å². The fourth-order valence-corrected chi connectivity index (χ4v) is 2.72. The lowest BCUT2D eigenvalue weighted by atomic mass is 10.1. The summed E-state index contributed by atoms with van der Waals surface area (Å²) in [7, 11) is 0. The Hall–Kier alpha value is -1.22. The maximum Gasteiger partial charge on any atom is 0.133 e. The van der Waals surface area contributed by atoms with E-state index in [1.165, 1.54) is 0 Å². The number of rotatable bonds is 4. The first-order chi connectivity index (χ1) is 9.51. The van der Waals surface area contributed by atoms with E-state index in [0.717, 1.165) is 28.9 Å². The zero-order chi connectivity index (χ0) is 14.7. The quantitative estimate of drug-likeness (QED) is 0.871. The van der Waals surface area contributed by atoms with Gasteiger partial charge in [-0.1, -0.05) is 29.3 Å². The van der Waals surface area contributed by atoms with E-state index in [9.17, 15) is 0 Å². The molecule has 0 atom stereocenters. The van der Waals surface area contributed by atoms with Crippen LogP contribution in [0.2, 0.25) is 10.0 Å². The summed E-state index contributed by atoms with van der Waals surface area (Å²) in [5.41, 5.74) is 8.57.